The zero-order chi connectivity index (χ0) is 16.1. The summed E-state index contributed by atoms with van der Waals surface area (Å²) in [5.41, 5.74) is 6.56. The van der Waals surface area contributed by atoms with Crippen molar-refractivity contribution in [3.8, 4) is 0 Å². The SMILES string of the molecule is CC(c1ccccc1)N(C)C(=O)CN1CCCCC1C(N)=O. The third-order valence-electron chi connectivity index (χ3n) is 4.54. The van der Waals surface area contributed by atoms with Gasteiger partial charge in [-0.15, -0.1) is 0 Å². The Balaban J connectivity index is 2.00. The maximum atomic E-state index is 12.5. The van der Waals surface area contributed by atoms with Gasteiger partial charge in [0.05, 0.1) is 18.6 Å². The van der Waals surface area contributed by atoms with Gasteiger partial charge in [-0.3, -0.25) is 14.5 Å². The van der Waals surface area contributed by atoms with Gasteiger partial charge in [-0.1, -0.05) is 36.8 Å². The number of primary amides is 1. The normalized spacial score (nSPS) is 20.4. The van der Waals surface area contributed by atoms with Gasteiger partial charge in [0, 0.05) is 7.05 Å². The van der Waals surface area contributed by atoms with Crippen LogP contribution < -0.4 is 5.73 Å². The number of amides is 2. The molecule has 120 valence electrons. The van der Waals surface area contributed by atoms with E-state index in [1.165, 1.54) is 0 Å². The number of piperidine rings is 1. The molecule has 2 rings (SSSR count). The summed E-state index contributed by atoms with van der Waals surface area (Å²) in [4.78, 5) is 27.7. The number of likely N-dealkylation sites (tertiary alicyclic amines) is 1. The molecule has 1 aliphatic rings. The van der Waals surface area contributed by atoms with E-state index in [2.05, 4.69) is 0 Å². The average Bonchev–Trinajstić information content (AvgIpc) is 2.54. The van der Waals surface area contributed by atoms with Gasteiger partial charge >= 0.3 is 0 Å². The third-order valence-corrected chi connectivity index (χ3v) is 4.54. The molecular formula is C17H25N3O2. The predicted molar refractivity (Wildman–Crippen MR) is 86.0 cm³/mol. The van der Waals surface area contributed by atoms with Crippen LogP contribution in [0.4, 0.5) is 0 Å². The predicted octanol–water partition coefficient (Wildman–Crippen LogP) is 1.55. The largest absolute Gasteiger partial charge is 0.368 e. The summed E-state index contributed by atoms with van der Waals surface area (Å²) in [5, 5.41) is 0. The molecule has 0 aromatic heterocycles. The molecule has 5 nitrogen and oxygen atoms in total. The van der Waals surface area contributed by atoms with E-state index in [0.717, 1.165) is 31.4 Å². The fraction of sp³-hybridized carbons (Fsp3) is 0.529. The summed E-state index contributed by atoms with van der Waals surface area (Å²) in [5.74, 6) is -0.309. The highest BCUT2D eigenvalue weighted by molar-refractivity contribution is 5.82. The fourth-order valence-corrected chi connectivity index (χ4v) is 2.96. The highest BCUT2D eigenvalue weighted by atomic mass is 16.2. The van der Waals surface area contributed by atoms with Crippen LogP contribution >= 0.6 is 0 Å². The van der Waals surface area contributed by atoms with E-state index in [1.54, 1.807) is 4.90 Å². The fourth-order valence-electron chi connectivity index (χ4n) is 2.96. The summed E-state index contributed by atoms with van der Waals surface area (Å²) in [7, 11) is 1.81. The Hall–Kier alpha value is -1.88. The molecule has 1 saturated heterocycles. The first-order valence-electron chi connectivity index (χ1n) is 7.84. The standard InChI is InChI=1S/C17H25N3O2/c1-13(14-8-4-3-5-9-14)19(2)16(21)12-20-11-7-6-10-15(20)17(18)22/h3-5,8-9,13,15H,6-7,10-12H2,1-2H3,(H2,18,22). The highest BCUT2D eigenvalue weighted by Gasteiger charge is 2.29. The molecule has 2 amide bonds. The molecule has 0 saturated carbocycles. The van der Waals surface area contributed by atoms with E-state index in [0.29, 0.717) is 0 Å². The Labute approximate surface area is 132 Å². The van der Waals surface area contributed by atoms with Crippen LogP contribution in [0.1, 0.15) is 37.8 Å². The summed E-state index contributed by atoms with van der Waals surface area (Å²) < 4.78 is 0. The van der Waals surface area contributed by atoms with E-state index in [-0.39, 0.29) is 30.4 Å². The monoisotopic (exact) mass is 303 g/mol. The van der Waals surface area contributed by atoms with Crippen molar-refractivity contribution in [1.29, 1.82) is 0 Å². The van der Waals surface area contributed by atoms with E-state index >= 15 is 0 Å². The van der Waals surface area contributed by atoms with E-state index in [9.17, 15) is 9.59 Å². The average molecular weight is 303 g/mol. The van der Waals surface area contributed by atoms with Crippen molar-refractivity contribution in [1.82, 2.24) is 9.80 Å². The molecule has 0 radical (unpaired) electrons. The van der Waals surface area contributed by atoms with Crippen molar-refractivity contribution in [2.24, 2.45) is 5.73 Å². The minimum atomic E-state index is -0.328. The second-order valence-corrected chi connectivity index (χ2v) is 5.98. The van der Waals surface area contributed by atoms with Gasteiger partial charge in [-0.25, -0.2) is 0 Å². The van der Waals surface area contributed by atoms with Crippen LogP contribution in [0.2, 0.25) is 0 Å². The molecule has 0 bridgehead atoms. The lowest BCUT2D eigenvalue weighted by atomic mass is 10.0. The third kappa shape index (κ3) is 3.85. The summed E-state index contributed by atoms with van der Waals surface area (Å²) in [6, 6.07) is 9.63. The van der Waals surface area contributed by atoms with Crippen molar-refractivity contribution in [2.75, 3.05) is 20.1 Å². The number of rotatable bonds is 5. The summed E-state index contributed by atoms with van der Waals surface area (Å²) in [6.45, 7) is 3.02. The number of nitrogens with zero attached hydrogens (tertiary/aromatic N) is 2. The lowest BCUT2D eigenvalue weighted by Gasteiger charge is -2.35. The van der Waals surface area contributed by atoms with Crippen molar-refractivity contribution < 1.29 is 9.59 Å². The second kappa shape index (κ2) is 7.40. The molecular weight excluding hydrogens is 278 g/mol. The molecule has 1 aromatic carbocycles. The molecule has 2 unspecified atom stereocenters. The Bertz CT molecular complexity index is 518. The molecule has 1 aromatic rings. The van der Waals surface area contributed by atoms with Gasteiger partial charge in [0.1, 0.15) is 0 Å². The van der Waals surface area contributed by atoms with Crippen LogP contribution in [0.15, 0.2) is 30.3 Å². The van der Waals surface area contributed by atoms with Gasteiger partial charge in [-0.05, 0) is 31.9 Å². The first-order valence-corrected chi connectivity index (χ1v) is 7.84. The Morgan fingerprint density at radius 1 is 1.32 bits per heavy atom. The number of carbonyl (C=O) groups is 2. The van der Waals surface area contributed by atoms with Gasteiger partial charge in [0.2, 0.25) is 11.8 Å². The molecule has 2 atom stereocenters. The smallest absolute Gasteiger partial charge is 0.237 e. The number of likely N-dealkylation sites (N-methyl/N-ethyl adjacent to an activating group) is 1. The van der Waals surface area contributed by atoms with Crippen LogP contribution in [0, 0.1) is 0 Å². The van der Waals surface area contributed by atoms with E-state index in [4.69, 9.17) is 5.73 Å². The minimum absolute atomic E-state index is 0.00511. The van der Waals surface area contributed by atoms with Crippen LogP contribution in [0.25, 0.3) is 0 Å². The van der Waals surface area contributed by atoms with Crippen LogP contribution in [-0.4, -0.2) is 47.8 Å². The van der Waals surface area contributed by atoms with Gasteiger partial charge in [-0.2, -0.15) is 0 Å². The number of nitrogens with two attached hydrogens (primary N) is 1. The first-order chi connectivity index (χ1) is 10.5. The van der Waals surface area contributed by atoms with Crippen molar-refractivity contribution in [2.45, 2.75) is 38.3 Å². The number of hydrogen-bond acceptors (Lipinski definition) is 3. The highest BCUT2D eigenvalue weighted by Crippen LogP contribution is 2.20. The number of hydrogen-bond donors (Lipinski definition) is 1. The molecule has 2 N–H and O–H groups in total. The van der Waals surface area contributed by atoms with Gasteiger partial charge in [0.15, 0.2) is 0 Å². The molecule has 5 heteroatoms. The van der Waals surface area contributed by atoms with E-state index in [1.807, 2.05) is 49.2 Å². The Kier molecular flexibility index (Phi) is 5.55. The topological polar surface area (TPSA) is 66.6 Å². The Morgan fingerprint density at radius 3 is 2.64 bits per heavy atom. The zero-order valence-electron chi connectivity index (χ0n) is 13.4. The molecule has 22 heavy (non-hydrogen) atoms. The molecule has 1 fully saturated rings. The number of carbonyl (C=O) groups excluding carboxylic acids is 2. The quantitative estimate of drug-likeness (QED) is 0.897. The van der Waals surface area contributed by atoms with Crippen LogP contribution in [0.3, 0.4) is 0 Å². The second-order valence-electron chi connectivity index (χ2n) is 5.98. The van der Waals surface area contributed by atoms with Crippen molar-refractivity contribution in [3.63, 3.8) is 0 Å². The molecule has 1 heterocycles. The van der Waals surface area contributed by atoms with Gasteiger partial charge < -0.3 is 10.6 Å². The summed E-state index contributed by atoms with van der Waals surface area (Å²) in [6.07, 6.45) is 2.75. The van der Waals surface area contributed by atoms with Crippen LogP contribution in [-0.2, 0) is 9.59 Å². The first kappa shape index (κ1) is 16.5. The lowest BCUT2D eigenvalue weighted by Crippen LogP contribution is -2.51. The van der Waals surface area contributed by atoms with E-state index < -0.39 is 0 Å². The molecule has 0 aliphatic carbocycles. The lowest BCUT2D eigenvalue weighted by molar-refractivity contribution is -0.135. The maximum Gasteiger partial charge on any atom is 0.237 e. The van der Waals surface area contributed by atoms with Crippen LogP contribution in [0.5, 0.6) is 0 Å². The zero-order valence-corrected chi connectivity index (χ0v) is 13.4. The Morgan fingerprint density at radius 2 is 2.00 bits per heavy atom. The molecule has 0 spiro atoms. The van der Waals surface area contributed by atoms with Crippen molar-refractivity contribution >= 4 is 11.8 Å². The summed E-state index contributed by atoms with van der Waals surface area (Å²) >= 11 is 0. The minimum Gasteiger partial charge on any atom is -0.368 e. The molecule has 1 aliphatic heterocycles. The maximum absolute atomic E-state index is 12.5. The van der Waals surface area contributed by atoms with Crippen molar-refractivity contribution in [3.05, 3.63) is 35.9 Å². The van der Waals surface area contributed by atoms with Gasteiger partial charge in [0.25, 0.3) is 0 Å². The number of benzene rings is 1.